The number of nitrogens with zero attached hydrogens (tertiary/aromatic N) is 1. The second-order valence-electron chi connectivity index (χ2n) is 16.1. The number of rotatable bonds is 17. The Hall–Kier alpha value is -6.47. The van der Waals surface area contributed by atoms with Gasteiger partial charge >= 0.3 is 12.1 Å². The van der Waals surface area contributed by atoms with Crippen LogP contribution in [0.1, 0.15) is 75.1 Å². The van der Waals surface area contributed by atoms with Crippen LogP contribution in [-0.4, -0.2) is 71.0 Å². The number of ether oxygens (including phenoxy) is 3. The molecule has 12 heteroatoms. The van der Waals surface area contributed by atoms with Crippen molar-refractivity contribution in [1.82, 2.24) is 20.5 Å². The summed E-state index contributed by atoms with van der Waals surface area (Å²) in [5, 5.41) is 27.9. The van der Waals surface area contributed by atoms with Crippen LogP contribution in [0.2, 0.25) is 0 Å². The number of carbonyl (C=O) groups excluding carboxylic acids is 2. The van der Waals surface area contributed by atoms with Crippen LogP contribution in [0.15, 0.2) is 132 Å². The Bertz CT molecular complexity index is 2500. The lowest BCUT2D eigenvalue weighted by Crippen LogP contribution is -2.52. The molecule has 3 atom stereocenters. The third-order valence-corrected chi connectivity index (χ3v) is 11.8. The molecule has 62 heavy (non-hydrogen) atoms. The summed E-state index contributed by atoms with van der Waals surface area (Å²) in [7, 11) is 0. The molecular formula is C50H52N4O8. The van der Waals surface area contributed by atoms with Gasteiger partial charge in [-0.15, -0.1) is 0 Å². The lowest BCUT2D eigenvalue weighted by atomic mass is 9.86. The predicted octanol–water partition coefficient (Wildman–Crippen LogP) is 7.34. The molecule has 0 saturated carbocycles. The van der Waals surface area contributed by atoms with Crippen LogP contribution in [0.5, 0.6) is 11.5 Å². The van der Waals surface area contributed by atoms with Crippen molar-refractivity contribution in [2.24, 2.45) is 5.92 Å². The largest absolute Gasteiger partial charge is 0.506 e. The van der Waals surface area contributed by atoms with E-state index >= 15 is 0 Å². The number of alkyl carbamates (subject to hydrolysis) is 1. The van der Waals surface area contributed by atoms with Gasteiger partial charge in [0.2, 0.25) is 5.56 Å². The predicted molar refractivity (Wildman–Crippen MR) is 236 cm³/mol. The molecule has 2 bridgehead atoms. The van der Waals surface area contributed by atoms with Gasteiger partial charge in [0.05, 0.1) is 29.8 Å². The number of nitrogens with one attached hydrogen (secondary N) is 3. The van der Waals surface area contributed by atoms with Crippen molar-refractivity contribution in [2.45, 2.75) is 57.1 Å². The monoisotopic (exact) mass is 836 g/mol. The zero-order valence-electron chi connectivity index (χ0n) is 34.5. The van der Waals surface area contributed by atoms with Gasteiger partial charge in [0, 0.05) is 31.1 Å². The van der Waals surface area contributed by atoms with Crippen molar-refractivity contribution in [3.63, 3.8) is 0 Å². The van der Waals surface area contributed by atoms with Crippen LogP contribution in [0.25, 0.3) is 10.9 Å². The van der Waals surface area contributed by atoms with E-state index in [9.17, 15) is 24.6 Å². The lowest BCUT2D eigenvalue weighted by Gasteiger charge is -2.43. The van der Waals surface area contributed by atoms with Crippen molar-refractivity contribution in [3.05, 3.63) is 177 Å². The Morgan fingerprint density at radius 1 is 0.823 bits per heavy atom. The van der Waals surface area contributed by atoms with E-state index in [0.717, 1.165) is 66.7 Å². The number of fused-ring (bicyclic) bond motifs is 4. The average Bonchev–Trinajstić information content (AvgIpc) is 3.30. The van der Waals surface area contributed by atoms with Gasteiger partial charge in [0.25, 0.3) is 0 Å². The maximum absolute atomic E-state index is 13.2. The summed E-state index contributed by atoms with van der Waals surface area (Å²) in [6.45, 7) is 4.37. The highest BCUT2D eigenvalue weighted by Crippen LogP contribution is 2.31. The van der Waals surface area contributed by atoms with Crippen LogP contribution in [0.4, 0.5) is 4.79 Å². The highest BCUT2D eigenvalue weighted by molar-refractivity contribution is 5.89. The second-order valence-corrected chi connectivity index (χ2v) is 16.1. The molecule has 1 amide bonds. The Morgan fingerprint density at radius 3 is 2.32 bits per heavy atom. The van der Waals surface area contributed by atoms with Crippen molar-refractivity contribution in [1.29, 1.82) is 0 Å². The Morgan fingerprint density at radius 2 is 1.56 bits per heavy atom. The molecule has 1 unspecified atom stereocenters. The van der Waals surface area contributed by atoms with E-state index in [1.54, 1.807) is 24.3 Å². The summed E-state index contributed by atoms with van der Waals surface area (Å²) in [5.41, 5.74) is 5.94. The number of amides is 1. The molecule has 0 radical (unpaired) electrons. The van der Waals surface area contributed by atoms with Gasteiger partial charge in [0.1, 0.15) is 24.2 Å². The first-order chi connectivity index (χ1) is 30.3. The highest BCUT2D eigenvalue weighted by atomic mass is 16.6. The number of aliphatic hydroxyl groups excluding tert-OH is 1. The Kier molecular flexibility index (Phi) is 13.6. The number of phenolic OH excluding ortho intramolecular Hbond substituents is 1. The zero-order chi connectivity index (χ0) is 42.8. The summed E-state index contributed by atoms with van der Waals surface area (Å²) in [6, 6.07) is 38.6. The molecule has 9 rings (SSSR count). The summed E-state index contributed by atoms with van der Waals surface area (Å²) in [6.07, 6.45) is 2.21. The van der Waals surface area contributed by atoms with Gasteiger partial charge < -0.3 is 40.0 Å². The molecule has 12 nitrogen and oxygen atoms in total. The maximum atomic E-state index is 13.2. The number of esters is 1. The molecule has 3 aliphatic heterocycles. The summed E-state index contributed by atoms with van der Waals surface area (Å²) < 4.78 is 17.7. The first kappa shape index (κ1) is 42.2. The number of piperidine rings is 3. The van der Waals surface area contributed by atoms with E-state index in [4.69, 9.17) is 14.2 Å². The smallest absolute Gasteiger partial charge is 0.408 e. The molecule has 3 saturated heterocycles. The fraction of sp³-hybridized carbons (Fsp3) is 0.300. The molecule has 3 fully saturated rings. The summed E-state index contributed by atoms with van der Waals surface area (Å²) in [5.74, 6) is 0.649. The standard InChI is InChI=1S/C50H52N4O8/c55-43-21-19-41(42-20-22-46(57)52-48(42)43)44(56)30-51-29-34-13-11-33(12-14-34)6-5-27-60-49(58)38-17-15-35(16-18-38)32-61-40-10-4-9-39(28-40)47(37-7-2-1-3-8-37)53-50(59)62-45-31-54-25-23-36(45)24-26-54/h1-4,7-22,28,36,44-45,47,51,55-56H,5-6,23-27,29-32H2,(H,52,57)(H,53,59)/t44-,45-,47?/m0/s1. The quantitative estimate of drug-likeness (QED) is 0.0465. The molecule has 0 spiro atoms. The number of aromatic hydroxyl groups is 1. The highest BCUT2D eigenvalue weighted by Gasteiger charge is 2.37. The number of hydrogen-bond donors (Lipinski definition) is 5. The number of phenols is 1. The van der Waals surface area contributed by atoms with Gasteiger partial charge in [-0.1, -0.05) is 84.9 Å². The Labute approximate surface area is 360 Å². The van der Waals surface area contributed by atoms with Gasteiger partial charge in [-0.3, -0.25) is 9.69 Å². The molecule has 5 N–H and O–H groups in total. The van der Waals surface area contributed by atoms with Crippen LogP contribution in [0, 0.1) is 5.92 Å². The minimum Gasteiger partial charge on any atom is -0.506 e. The number of aliphatic hydroxyl groups is 1. The van der Waals surface area contributed by atoms with Crippen molar-refractivity contribution < 1.29 is 34.0 Å². The van der Waals surface area contributed by atoms with Crippen LogP contribution in [0.3, 0.4) is 0 Å². The maximum Gasteiger partial charge on any atom is 0.408 e. The third-order valence-electron chi connectivity index (χ3n) is 11.8. The second kappa shape index (κ2) is 19.9. The topological polar surface area (TPSA) is 162 Å². The minimum atomic E-state index is -0.838. The van der Waals surface area contributed by atoms with E-state index in [-0.39, 0.29) is 36.5 Å². The number of aryl methyl sites for hydroxylation is 1. The van der Waals surface area contributed by atoms with Crippen molar-refractivity contribution in [2.75, 3.05) is 32.8 Å². The third kappa shape index (κ3) is 10.7. The summed E-state index contributed by atoms with van der Waals surface area (Å²) >= 11 is 0. The van der Waals surface area contributed by atoms with E-state index in [1.807, 2.05) is 91.0 Å². The number of benzene rings is 5. The minimum absolute atomic E-state index is 0.0451. The van der Waals surface area contributed by atoms with Gasteiger partial charge in [-0.25, -0.2) is 9.59 Å². The average molecular weight is 837 g/mol. The number of hydrogen-bond acceptors (Lipinski definition) is 10. The normalized spacial score (nSPS) is 17.9. The van der Waals surface area contributed by atoms with Gasteiger partial charge in [0.15, 0.2) is 0 Å². The van der Waals surface area contributed by atoms with Gasteiger partial charge in [-0.2, -0.15) is 0 Å². The van der Waals surface area contributed by atoms with Crippen molar-refractivity contribution in [3.8, 4) is 11.5 Å². The molecule has 0 aliphatic carbocycles. The van der Waals surface area contributed by atoms with Gasteiger partial charge in [-0.05, 0) is 114 Å². The van der Waals surface area contributed by atoms with Crippen LogP contribution in [-0.2, 0) is 29.0 Å². The van der Waals surface area contributed by atoms with E-state index in [2.05, 4.69) is 20.5 Å². The Balaban J connectivity index is 0.762. The number of H-pyrrole nitrogens is 1. The van der Waals surface area contributed by atoms with Crippen molar-refractivity contribution >= 4 is 23.0 Å². The SMILES string of the molecule is O=C(NC(c1ccccc1)c1cccc(OCc2ccc(C(=O)OCCCc3ccc(CNC[C@H](O)c4ccc(O)c5[nH]c(=O)ccc45)cc3)cc2)c1)O[C@H]1CN2CCC1CC2. The molecule has 4 heterocycles. The first-order valence-corrected chi connectivity index (χ1v) is 21.3. The number of carbonyl (C=O) groups is 2. The van der Waals surface area contributed by atoms with E-state index < -0.39 is 18.2 Å². The fourth-order valence-corrected chi connectivity index (χ4v) is 8.39. The molecule has 320 valence electrons. The van der Waals surface area contributed by atoms with E-state index in [1.165, 1.54) is 12.1 Å². The lowest BCUT2D eigenvalue weighted by molar-refractivity contribution is -0.0336. The summed E-state index contributed by atoms with van der Waals surface area (Å²) in [4.78, 5) is 42.7. The van der Waals surface area contributed by atoms with Crippen LogP contribution >= 0.6 is 0 Å². The molecule has 6 aromatic rings. The number of aromatic amines is 1. The van der Waals surface area contributed by atoms with Crippen LogP contribution < -0.4 is 20.9 Å². The number of pyridine rings is 1. The van der Waals surface area contributed by atoms with E-state index in [0.29, 0.717) is 53.3 Å². The molecular weight excluding hydrogens is 785 g/mol. The molecule has 3 aliphatic rings. The molecule has 5 aromatic carbocycles. The fourth-order valence-electron chi connectivity index (χ4n) is 8.39. The molecule has 1 aromatic heterocycles. The first-order valence-electron chi connectivity index (χ1n) is 21.3. The number of aromatic nitrogens is 1. The zero-order valence-corrected chi connectivity index (χ0v) is 34.5.